The van der Waals surface area contributed by atoms with Crippen LogP contribution in [0.1, 0.15) is 29.0 Å². The molecule has 0 amide bonds. The first-order valence-corrected chi connectivity index (χ1v) is 9.12. The van der Waals surface area contributed by atoms with Gasteiger partial charge in [0.15, 0.2) is 0 Å². The third-order valence-electron chi connectivity index (χ3n) is 3.61. The Morgan fingerprint density at radius 3 is 2.35 bits per heavy atom. The lowest BCUT2D eigenvalue weighted by Crippen LogP contribution is -1.92. The minimum absolute atomic E-state index is 0.120. The molecule has 0 bridgehead atoms. The van der Waals surface area contributed by atoms with Gasteiger partial charge in [0.2, 0.25) is 0 Å². The van der Waals surface area contributed by atoms with Crippen LogP contribution in [-0.4, -0.2) is 3.23 Å². The Bertz CT molecular complexity index is 635. The van der Waals surface area contributed by atoms with Crippen molar-refractivity contribution in [2.24, 2.45) is 0 Å². The second-order valence-electron chi connectivity index (χ2n) is 5.17. The standard InChI is InChI=1S/C16H12Br3Cl/c17-13-5-6-15(20)12(8-13)7-10-1-3-11(4-2-10)14-9-16(14,18)19/h1-6,8,14H,7,9H2. The predicted molar refractivity (Wildman–Crippen MR) is 96.3 cm³/mol. The number of hydrogen-bond donors (Lipinski definition) is 0. The predicted octanol–water partition coefficient (Wildman–Crippen LogP) is 6.67. The van der Waals surface area contributed by atoms with Crippen LogP contribution in [0.3, 0.4) is 0 Å². The van der Waals surface area contributed by atoms with E-state index in [1.54, 1.807) is 0 Å². The molecule has 3 rings (SSSR count). The Labute approximate surface area is 149 Å². The van der Waals surface area contributed by atoms with Crippen molar-refractivity contribution in [3.05, 3.63) is 68.7 Å². The maximum absolute atomic E-state index is 6.24. The number of alkyl halides is 2. The third kappa shape index (κ3) is 3.32. The number of hydrogen-bond acceptors (Lipinski definition) is 0. The van der Waals surface area contributed by atoms with Gasteiger partial charge in [-0.1, -0.05) is 83.7 Å². The highest BCUT2D eigenvalue weighted by Crippen LogP contribution is 2.62. The molecule has 1 fully saturated rings. The topological polar surface area (TPSA) is 0 Å². The van der Waals surface area contributed by atoms with Crippen LogP contribution in [0, 0.1) is 0 Å². The Kier molecular flexibility index (Phi) is 4.34. The van der Waals surface area contributed by atoms with Crippen molar-refractivity contribution >= 4 is 59.4 Å². The summed E-state index contributed by atoms with van der Waals surface area (Å²) < 4.78 is 1.18. The molecule has 2 aromatic rings. The smallest absolute Gasteiger partial charge is 0.0840 e. The van der Waals surface area contributed by atoms with E-state index in [2.05, 4.69) is 78.1 Å². The van der Waals surface area contributed by atoms with Crippen molar-refractivity contribution in [1.29, 1.82) is 0 Å². The molecule has 1 aliphatic rings. The third-order valence-corrected chi connectivity index (χ3v) is 6.23. The van der Waals surface area contributed by atoms with Gasteiger partial charge < -0.3 is 0 Å². The zero-order valence-corrected chi connectivity index (χ0v) is 16.1. The molecule has 1 saturated carbocycles. The van der Waals surface area contributed by atoms with Crippen LogP contribution in [0.4, 0.5) is 0 Å². The molecule has 1 atom stereocenters. The van der Waals surface area contributed by atoms with Crippen molar-refractivity contribution in [2.45, 2.75) is 22.0 Å². The molecule has 4 heteroatoms. The van der Waals surface area contributed by atoms with Gasteiger partial charge in [-0.2, -0.15) is 0 Å². The zero-order valence-electron chi connectivity index (χ0n) is 10.5. The van der Waals surface area contributed by atoms with Gasteiger partial charge in [-0.25, -0.2) is 0 Å². The highest BCUT2D eigenvalue weighted by atomic mass is 79.9. The van der Waals surface area contributed by atoms with E-state index >= 15 is 0 Å². The molecule has 0 aliphatic heterocycles. The Balaban J connectivity index is 1.77. The van der Waals surface area contributed by atoms with Crippen molar-refractivity contribution in [3.63, 3.8) is 0 Å². The first-order chi connectivity index (χ1) is 9.45. The van der Waals surface area contributed by atoms with Gasteiger partial charge in [-0.15, -0.1) is 0 Å². The molecule has 1 aliphatic carbocycles. The van der Waals surface area contributed by atoms with Crippen LogP contribution < -0.4 is 0 Å². The second-order valence-corrected chi connectivity index (χ2v) is 10.4. The van der Waals surface area contributed by atoms with E-state index in [1.807, 2.05) is 12.1 Å². The normalized spacial score (nSPS) is 19.9. The van der Waals surface area contributed by atoms with Crippen LogP contribution in [-0.2, 0) is 6.42 Å². The molecular formula is C16H12Br3Cl. The fourth-order valence-electron chi connectivity index (χ4n) is 2.34. The molecule has 0 N–H and O–H groups in total. The number of rotatable bonds is 3. The van der Waals surface area contributed by atoms with Gasteiger partial charge in [-0.3, -0.25) is 0 Å². The van der Waals surface area contributed by atoms with Crippen LogP contribution in [0.25, 0.3) is 0 Å². The van der Waals surface area contributed by atoms with Gasteiger partial charge in [0.1, 0.15) is 0 Å². The Hall–Kier alpha value is 0.170. The fourth-order valence-corrected chi connectivity index (χ4v) is 4.11. The minimum Gasteiger partial charge on any atom is -0.0840 e. The summed E-state index contributed by atoms with van der Waals surface area (Å²) in [5.41, 5.74) is 3.81. The fraction of sp³-hybridized carbons (Fsp3) is 0.250. The summed E-state index contributed by atoms with van der Waals surface area (Å²) in [7, 11) is 0. The average Bonchev–Trinajstić information content (AvgIpc) is 3.04. The first kappa shape index (κ1) is 15.1. The molecule has 0 spiro atoms. The zero-order chi connectivity index (χ0) is 14.3. The Morgan fingerprint density at radius 2 is 1.75 bits per heavy atom. The molecule has 0 saturated heterocycles. The molecule has 2 aromatic carbocycles. The number of halogens is 4. The minimum atomic E-state index is 0.120. The molecule has 1 unspecified atom stereocenters. The maximum Gasteiger partial charge on any atom is 0.0881 e. The van der Waals surface area contributed by atoms with E-state index in [0.717, 1.165) is 27.9 Å². The quantitative estimate of drug-likeness (QED) is 0.432. The summed E-state index contributed by atoms with van der Waals surface area (Å²) in [6.45, 7) is 0. The van der Waals surface area contributed by atoms with Crippen molar-refractivity contribution < 1.29 is 0 Å². The molecule has 0 radical (unpaired) electrons. The highest BCUT2D eigenvalue weighted by Gasteiger charge is 2.50. The van der Waals surface area contributed by atoms with Crippen molar-refractivity contribution in [2.75, 3.05) is 0 Å². The van der Waals surface area contributed by atoms with Crippen LogP contribution in [0.5, 0.6) is 0 Å². The summed E-state index contributed by atoms with van der Waals surface area (Å²) in [5.74, 6) is 0.575. The largest absolute Gasteiger partial charge is 0.0881 e. The SMILES string of the molecule is Clc1ccc(Br)cc1Cc1ccc(C2CC2(Br)Br)cc1. The van der Waals surface area contributed by atoms with Gasteiger partial charge >= 0.3 is 0 Å². The van der Waals surface area contributed by atoms with Crippen LogP contribution in [0.15, 0.2) is 46.9 Å². The van der Waals surface area contributed by atoms with Gasteiger partial charge in [0.05, 0.1) is 3.23 Å². The molecular weight excluding hydrogens is 467 g/mol. The molecule has 104 valence electrons. The summed E-state index contributed by atoms with van der Waals surface area (Å²) >= 11 is 17.1. The van der Waals surface area contributed by atoms with Crippen molar-refractivity contribution in [1.82, 2.24) is 0 Å². The van der Waals surface area contributed by atoms with Gasteiger partial charge in [-0.05, 0) is 47.7 Å². The molecule has 0 nitrogen and oxygen atoms in total. The lowest BCUT2D eigenvalue weighted by molar-refractivity contribution is 1.11. The van der Waals surface area contributed by atoms with Gasteiger partial charge in [0, 0.05) is 15.4 Å². The summed E-state index contributed by atoms with van der Waals surface area (Å²) in [6.07, 6.45) is 2.00. The van der Waals surface area contributed by atoms with E-state index in [1.165, 1.54) is 11.1 Å². The molecule has 0 aromatic heterocycles. The summed E-state index contributed by atoms with van der Waals surface area (Å²) in [6, 6.07) is 14.8. The van der Waals surface area contributed by atoms with E-state index < -0.39 is 0 Å². The van der Waals surface area contributed by atoms with E-state index in [4.69, 9.17) is 11.6 Å². The Morgan fingerprint density at radius 1 is 1.10 bits per heavy atom. The van der Waals surface area contributed by atoms with E-state index in [0.29, 0.717) is 5.92 Å². The van der Waals surface area contributed by atoms with Gasteiger partial charge in [0.25, 0.3) is 0 Å². The lowest BCUT2D eigenvalue weighted by Gasteiger charge is -2.07. The first-order valence-electron chi connectivity index (χ1n) is 6.36. The van der Waals surface area contributed by atoms with Crippen LogP contribution >= 0.6 is 59.4 Å². The van der Waals surface area contributed by atoms with E-state index in [9.17, 15) is 0 Å². The second kappa shape index (κ2) is 5.75. The highest BCUT2D eigenvalue weighted by molar-refractivity contribution is 9.25. The average molecular weight is 479 g/mol. The molecule has 0 heterocycles. The summed E-state index contributed by atoms with van der Waals surface area (Å²) in [5, 5.41) is 0.819. The monoisotopic (exact) mass is 476 g/mol. The molecule has 20 heavy (non-hydrogen) atoms. The maximum atomic E-state index is 6.24. The lowest BCUT2D eigenvalue weighted by atomic mass is 10.0. The summed E-state index contributed by atoms with van der Waals surface area (Å²) in [4.78, 5) is 0. The van der Waals surface area contributed by atoms with E-state index in [-0.39, 0.29) is 3.23 Å². The van der Waals surface area contributed by atoms with Crippen molar-refractivity contribution in [3.8, 4) is 0 Å². The van der Waals surface area contributed by atoms with Crippen LogP contribution in [0.2, 0.25) is 5.02 Å². The number of benzene rings is 2.